The Balaban J connectivity index is 1.65. The number of amides is 2. The average molecular weight is 454 g/mol. The van der Waals surface area contributed by atoms with Gasteiger partial charge in [0, 0.05) is 21.5 Å². The van der Waals surface area contributed by atoms with Crippen LogP contribution in [-0.2, 0) is 4.74 Å². The van der Waals surface area contributed by atoms with Crippen LogP contribution >= 0.6 is 15.9 Å². The molecule has 1 N–H and O–H groups in total. The fourth-order valence-electron chi connectivity index (χ4n) is 3.60. The minimum absolute atomic E-state index is 0.221. The number of nitrogens with zero attached hydrogens (tertiary/aromatic N) is 2. The average Bonchev–Trinajstić information content (AvgIpc) is 3.26. The summed E-state index contributed by atoms with van der Waals surface area (Å²) in [4.78, 5) is 26.5. The van der Waals surface area contributed by atoms with Gasteiger partial charge in [0.1, 0.15) is 6.61 Å². The first-order valence-corrected chi connectivity index (χ1v) is 10.0. The molecule has 0 unspecified atom stereocenters. The molecule has 2 amide bonds. The van der Waals surface area contributed by atoms with Crippen molar-refractivity contribution < 1.29 is 14.3 Å². The van der Waals surface area contributed by atoms with E-state index in [4.69, 9.17) is 4.74 Å². The number of ether oxygens (including phenoxy) is 1. The molecule has 0 spiro atoms. The molecule has 1 aliphatic heterocycles. The van der Waals surface area contributed by atoms with Crippen LogP contribution in [-0.4, -0.2) is 29.7 Å². The molecule has 2 heterocycles. The zero-order valence-corrected chi connectivity index (χ0v) is 17.7. The predicted octanol–water partition coefficient (Wildman–Crippen LogP) is 5.07. The summed E-state index contributed by atoms with van der Waals surface area (Å²) < 4.78 is 8.07. The molecule has 29 heavy (non-hydrogen) atoms. The molecule has 7 heteroatoms. The van der Waals surface area contributed by atoms with Gasteiger partial charge in [-0.25, -0.2) is 4.79 Å². The fourth-order valence-corrected chi connectivity index (χ4v) is 3.86. The lowest BCUT2D eigenvalue weighted by molar-refractivity contribution is 0.102. The number of aromatic nitrogens is 1. The Labute approximate surface area is 177 Å². The number of rotatable bonds is 4. The number of cyclic esters (lactones) is 1. The zero-order chi connectivity index (χ0) is 20.5. The summed E-state index contributed by atoms with van der Waals surface area (Å²) in [5, 5.41) is 2.96. The Hall–Kier alpha value is -3.06. The van der Waals surface area contributed by atoms with E-state index in [9.17, 15) is 9.59 Å². The largest absolute Gasteiger partial charge is 0.447 e. The molecule has 0 saturated carbocycles. The number of halogens is 1. The van der Waals surface area contributed by atoms with E-state index in [-0.39, 0.29) is 5.91 Å². The Kier molecular flexibility index (Phi) is 5.15. The van der Waals surface area contributed by atoms with Crippen LogP contribution in [0.1, 0.15) is 21.7 Å². The Morgan fingerprint density at radius 2 is 1.83 bits per heavy atom. The highest BCUT2D eigenvalue weighted by molar-refractivity contribution is 9.10. The van der Waals surface area contributed by atoms with Gasteiger partial charge in [-0.15, -0.1) is 0 Å². The second kappa shape index (κ2) is 7.75. The Morgan fingerprint density at radius 1 is 1.10 bits per heavy atom. The Bertz CT molecular complexity index is 1090. The molecule has 0 radical (unpaired) electrons. The lowest BCUT2D eigenvalue weighted by atomic mass is 10.2. The molecule has 0 bridgehead atoms. The minimum Gasteiger partial charge on any atom is -0.447 e. The topological polar surface area (TPSA) is 63.6 Å². The van der Waals surface area contributed by atoms with Crippen LogP contribution < -0.4 is 10.2 Å². The van der Waals surface area contributed by atoms with Crippen molar-refractivity contribution >= 4 is 39.3 Å². The number of aryl methyl sites for hydroxylation is 1. The lowest BCUT2D eigenvalue weighted by Gasteiger charge is -2.17. The highest BCUT2D eigenvalue weighted by atomic mass is 79.9. The van der Waals surface area contributed by atoms with Crippen LogP contribution in [0.15, 0.2) is 59.1 Å². The van der Waals surface area contributed by atoms with Crippen LogP contribution in [0.4, 0.5) is 16.2 Å². The molecule has 0 atom stereocenters. The van der Waals surface area contributed by atoms with Crippen molar-refractivity contribution in [1.82, 2.24) is 4.57 Å². The van der Waals surface area contributed by atoms with Gasteiger partial charge < -0.3 is 14.6 Å². The SMILES string of the molecule is Cc1cc(C(=O)Nc2ccccc2N2CCOC2=O)c(C)n1-c1ccc(Br)cc1. The molecule has 4 rings (SSSR count). The third kappa shape index (κ3) is 3.65. The highest BCUT2D eigenvalue weighted by Gasteiger charge is 2.26. The Morgan fingerprint density at radius 3 is 2.52 bits per heavy atom. The molecule has 0 aliphatic carbocycles. The second-order valence-corrected chi connectivity index (χ2v) is 7.75. The number of anilines is 2. The molecule has 3 aromatic rings. The maximum absolute atomic E-state index is 13.1. The first kappa shape index (κ1) is 19.3. The van der Waals surface area contributed by atoms with Gasteiger partial charge in [0.15, 0.2) is 0 Å². The van der Waals surface area contributed by atoms with Gasteiger partial charge >= 0.3 is 6.09 Å². The molecule has 6 nitrogen and oxygen atoms in total. The number of nitrogens with one attached hydrogen (secondary N) is 1. The number of para-hydroxylation sites is 2. The van der Waals surface area contributed by atoms with E-state index in [2.05, 4.69) is 21.2 Å². The third-order valence-electron chi connectivity index (χ3n) is 4.96. The summed E-state index contributed by atoms with van der Waals surface area (Å²) in [7, 11) is 0. The monoisotopic (exact) mass is 453 g/mol. The van der Waals surface area contributed by atoms with Gasteiger partial charge in [0.05, 0.1) is 23.5 Å². The summed E-state index contributed by atoms with van der Waals surface area (Å²) in [6.07, 6.45) is -0.403. The van der Waals surface area contributed by atoms with Crippen molar-refractivity contribution in [2.45, 2.75) is 13.8 Å². The van der Waals surface area contributed by atoms with Crippen molar-refractivity contribution in [2.75, 3.05) is 23.4 Å². The summed E-state index contributed by atoms with van der Waals surface area (Å²) in [5.41, 5.74) is 4.59. The number of hydrogen-bond acceptors (Lipinski definition) is 3. The first-order valence-electron chi connectivity index (χ1n) is 9.25. The van der Waals surface area contributed by atoms with E-state index in [1.165, 1.54) is 4.90 Å². The summed E-state index contributed by atoms with van der Waals surface area (Å²) in [6, 6.07) is 17.1. The number of hydrogen-bond donors (Lipinski definition) is 1. The minimum atomic E-state index is -0.403. The summed E-state index contributed by atoms with van der Waals surface area (Å²) >= 11 is 3.45. The number of benzene rings is 2. The quantitative estimate of drug-likeness (QED) is 0.599. The van der Waals surface area contributed by atoms with Crippen LogP contribution in [0.5, 0.6) is 0 Å². The van der Waals surface area contributed by atoms with Gasteiger partial charge in [0.25, 0.3) is 5.91 Å². The molecule has 148 valence electrons. The van der Waals surface area contributed by atoms with Gasteiger partial charge in [-0.05, 0) is 56.3 Å². The smallest absolute Gasteiger partial charge is 0.414 e. The van der Waals surface area contributed by atoms with Gasteiger partial charge in [-0.1, -0.05) is 28.1 Å². The van der Waals surface area contributed by atoms with Crippen molar-refractivity contribution in [1.29, 1.82) is 0 Å². The standard InChI is InChI=1S/C22H20BrN3O3/c1-14-13-18(15(2)26(14)17-9-7-16(23)8-10-17)21(27)24-19-5-3-4-6-20(19)25-11-12-29-22(25)28/h3-10,13H,11-12H2,1-2H3,(H,24,27). The molecule has 1 aromatic heterocycles. The van der Waals surface area contributed by atoms with Crippen LogP contribution in [0.2, 0.25) is 0 Å². The van der Waals surface area contributed by atoms with Gasteiger partial charge in [0.2, 0.25) is 0 Å². The van der Waals surface area contributed by atoms with Crippen LogP contribution in [0, 0.1) is 13.8 Å². The van der Waals surface area contributed by atoms with Crippen molar-refractivity contribution in [2.24, 2.45) is 0 Å². The summed E-state index contributed by atoms with van der Waals surface area (Å²) in [6.45, 7) is 4.70. The number of carbonyl (C=O) groups is 2. The molecular formula is C22H20BrN3O3. The first-order chi connectivity index (χ1) is 14.0. The fraction of sp³-hybridized carbons (Fsp3) is 0.182. The molecule has 1 aliphatic rings. The van der Waals surface area contributed by atoms with E-state index in [1.54, 1.807) is 12.1 Å². The maximum atomic E-state index is 13.1. The maximum Gasteiger partial charge on any atom is 0.414 e. The lowest BCUT2D eigenvalue weighted by Crippen LogP contribution is -2.25. The molecule has 1 fully saturated rings. The van der Waals surface area contributed by atoms with E-state index in [0.29, 0.717) is 30.1 Å². The molecular weight excluding hydrogens is 434 g/mol. The van der Waals surface area contributed by atoms with Crippen LogP contribution in [0.3, 0.4) is 0 Å². The normalized spacial score (nSPS) is 13.5. The van der Waals surface area contributed by atoms with Crippen molar-refractivity contribution in [3.63, 3.8) is 0 Å². The van der Waals surface area contributed by atoms with Crippen molar-refractivity contribution in [3.8, 4) is 5.69 Å². The van der Waals surface area contributed by atoms with E-state index < -0.39 is 6.09 Å². The summed E-state index contributed by atoms with van der Waals surface area (Å²) in [5.74, 6) is -0.221. The zero-order valence-electron chi connectivity index (χ0n) is 16.1. The molecule has 1 saturated heterocycles. The number of carbonyl (C=O) groups excluding carboxylic acids is 2. The van der Waals surface area contributed by atoms with E-state index in [0.717, 1.165) is 21.5 Å². The van der Waals surface area contributed by atoms with Gasteiger partial charge in [-0.3, -0.25) is 9.69 Å². The van der Waals surface area contributed by atoms with Crippen LogP contribution in [0.25, 0.3) is 5.69 Å². The van der Waals surface area contributed by atoms with E-state index >= 15 is 0 Å². The predicted molar refractivity (Wildman–Crippen MR) is 116 cm³/mol. The van der Waals surface area contributed by atoms with Gasteiger partial charge in [-0.2, -0.15) is 0 Å². The highest BCUT2D eigenvalue weighted by Crippen LogP contribution is 2.29. The van der Waals surface area contributed by atoms with Crippen molar-refractivity contribution in [3.05, 3.63) is 76.0 Å². The third-order valence-corrected chi connectivity index (χ3v) is 5.49. The second-order valence-electron chi connectivity index (χ2n) is 6.83. The molecule has 2 aromatic carbocycles. The van der Waals surface area contributed by atoms with E-state index in [1.807, 2.05) is 60.9 Å².